The van der Waals surface area contributed by atoms with Crippen LogP contribution in [0.4, 0.5) is 0 Å². The molecule has 0 heterocycles. The Morgan fingerprint density at radius 1 is 0.829 bits per heavy atom. The molecule has 0 aromatic heterocycles. The predicted octanol–water partition coefficient (Wildman–Crippen LogP) is 2.16. The minimum Gasteiger partial charge on any atom is -0.491 e. The number of benzene rings is 3. The number of ether oxygens (including phenoxy) is 1. The summed E-state index contributed by atoms with van der Waals surface area (Å²) in [6, 6.07) is 17.2. The number of carbonyl (C=O) groups excluding carboxylic acids is 2. The Hall–Kier alpha value is -5.52. The van der Waals surface area contributed by atoms with Crippen LogP contribution in [0.15, 0.2) is 66.7 Å². The normalized spacial score (nSPS) is 11.2. The molecule has 0 aliphatic carbocycles. The second-order valence-electron chi connectivity index (χ2n) is 9.13. The first-order valence-electron chi connectivity index (χ1n) is 12.4. The van der Waals surface area contributed by atoms with Gasteiger partial charge in [0, 0.05) is 35.1 Å². The van der Waals surface area contributed by atoms with E-state index in [-0.39, 0.29) is 48.0 Å². The highest BCUT2D eigenvalue weighted by Gasteiger charge is 2.20. The highest BCUT2D eigenvalue weighted by molar-refractivity contribution is 6.33. The monoisotopic (exact) mass is 559 g/mol. The van der Waals surface area contributed by atoms with E-state index in [4.69, 9.17) is 32.1 Å². The summed E-state index contributed by atoms with van der Waals surface area (Å²) in [5, 5.41) is 36.2. The van der Waals surface area contributed by atoms with Crippen LogP contribution in [-0.4, -0.2) is 58.2 Å². The van der Waals surface area contributed by atoms with Crippen molar-refractivity contribution in [3.05, 3.63) is 89.0 Å². The first-order chi connectivity index (χ1) is 19.4. The van der Waals surface area contributed by atoms with Crippen molar-refractivity contribution in [1.29, 1.82) is 10.8 Å². The highest BCUT2D eigenvalue weighted by atomic mass is 16.5. The van der Waals surface area contributed by atoms with E-state index in [0.717, 1.165) is 11.1 Å². The van der Waals surface area contributed by atoms with Gasteiger partial charge in [0.25, 0.3) is 5.91 Å². The molecule has 0 saturated heterocycles. The number of carboxylic acid groups (broad SMARTS) is 2. The van der Waals surface area contributed by atoms with Crippen LogP contribution in [-0.2, 0) is 20.8 Å². The van der Waals surface area contributed by atoms with Crippen LogP contribution in [0.5, 0.6) is 5.75 Å². The standard InChI is InChI=1S/C29H29N5O7/c30-26(31)17-6-4-16(5-7-17)18-2-1-3-21(12-18)28(38)34-22(10-11-25(36)37)15-41-24-14-20(27(32)33)9-8-19(24)13-23(35)29(39)40/h1-9,12,14,22H,10-11,13,15H2,(H3,30,31)(H3,32,33)(H,34,38)(H,36,37)(H,39,40). The lowest BCUT2D eigenvalue weighted by molar-refractivity contribution is -0.148. The smallest absolute Gasteiger partial charge is 0.372 e. The van der Waals surface area contributed by atoms with Gasteiger partial charge in [0.05, 0.1) is 6.04 Å². The van der Waals surface area contributed by atoms with E-state index in [1.54, 1.807) is 42.5 Å². The third kappa shape index (κ3) is 8.48. The van der Waals surface area contributed by atoms with E-state index in [2.05, 4.69) is 5.32 Å². The van der Waals surface area contributed by atoms with Gasteiger partial charge in [0.2, 0.25) is 5.78 Å². The van der Waals surface area contributed by atoms with E-state index in [9.17, 15) is 24.3 Å². The van der Waals surface area contributed by atoms with Gasteiger partial charge >= 0.3 is 11.9 Å². The molecule has 9 N–H and O–H groups in total. The summed E-state index contributed by atoms with van der Waals surface area (Å²) >= 11 is 0. The molecule has 0 fully saturated rings. The molecule has 0 aliphatic heterocycles. The quantitative estimate of drug-likeness (QED) is 0.0870. The van der Waals surface area contributed by atoms with Crippen molar-refractivity contribution in [3.63, 3.8) is 0 Å². The maximum Gasteiger partial charge on any atom is 0.372 e. The summed E-state index contributed by atoms with van der Waals surface area (Å²) in [6.45, 7) is -0.208. The molecule has 0 bridgehead atoms. The molecular formula is C29H29N5O7. The molecular weight excluding hydrogens is 530 g/mol. The number of ketones is 1. The largest absolute Gasteiger partial charge is 0.491 e. The maximum absolute atomic E-state index is 13.2. The van der Waals surface area contributed by atoms with Gasteiger partial charge in [-0.05, 0) is 35.7 Å². The minimum atomic E-state index is -1.62. The van der Waals surface area contributed by atoms with Gasteiger partial charge in [-0.3, -0.25) is 25.2 Å². The Morgan fingerprint density at radius 3 is 2.10 bits per heavy atom. The summed E-state index contributed by atoms with van der Waals surface area (Å²) in [5.41, 5.74) is 14.0. The lowest BCUT2D eigenvalue weighted by atomic mass is 10.0. The van der Waals surface area contributed by atoms with Crippen molar-refractivity contribution in [1.82, 2.24) is 5.32 Å². The molecule has 12 nitrogen and oxygen atoms in total. The number of aliphatic carboxylic acids is 2. The van der Waals surface area contributed by atoms with Gasteiger partial charge in [-0.1, -0.05) is 48.5 Å². The number of nitrogen functional groups attached to an aromatic ring is 2. The van der Waals surface area contributed by atoms with Crippen LogP contribution in [0.1, 0.15) is 39.9 Å². The van der Waals surface area contributed by atoms with Crippen molar-refractivity contribution in [2.45, 2.75) is 25.3 Å². The number of nitrogens with one attached hydrogen (secondary N) is 3. The Kier molecular flexibility index (Phi) is 9.90. The van der Waals surface area contributed by atoms with Crippen LogP contribution in [0.3, 0.4) is 0 Å². The van der Waals surface area contributed by atoms with E-state index in [1.807, 2.05) is 6.07 Å². The van der Waals surface area contributed by atoms with Crippen LogP contribution in [0, 0.1) is 10.8 Å². The first kappa shape index (κ1) is 30.0. The molecule has 0 aliphatic rings. The zero-order chi connectivity index (χ0) is 30.1. The zero-order valence-electron chi connectivity index (χ0n) is 21.8. The fourth-order valence-corrected chi connectivity index (χ4v) is 3.89. The van der Waals surface area contributed by atoms with Crippen LogP contribution in [0.2, 0.25) is 0 Å². The molecule has 1 unspecified atom stereocenters. The SMILES string of the molecule is N=C(N)c1ccc(-c2cccc(C(=O)NC(CCC(=O)O)COc3cc(C(=N)N)ccc3CC(=O)C(=O)O)c2)cc1. The Balaban J connectivity index is 1.81. The second kappa shape index (κ2) is 13.5. The zero-order valence-corrected chi connectivity index (χ0v) is 21.8. The first-order valence-corrected chi connectivity index (χ1v) is 12.4. The number of nitrogens with two attached hydrogens (primary N) is 2. The predicted molar refractivity (Wildman–Crippen MR) is 150 cm³/mol. The number of carboxylic acids is 2. The van der Waals surface area contributed by atoms with Gasteiger partial charge in [-0.2, -0.15) is 0 Å². The van der Waals surface area contributed by atoms with Crippen LogP contribution >= 0.6 is 0 Å². The Bertz CT molecular complexity index is 1500. The molecule has 3 aromatic rings. The van der Waals surface area contributed by atoms with Gasteiger partial charge in [0.1, 0.15) is 24.0 Å². The molecule has 3 aromatic carbocycles. The van der Waals surface area contributed by atoms with Crippen molar-refractivity contribution in [2.24, 2.45) is 11.5 Å². The number of amidine groups is 2. The molecule has 1 atom stereocenters. The molecule has 0 spiro atoms. The van der Waals surface area contributed by atoms with Crippen molar-refractivity contribution in [2.75, 3.05) is 6.61 Å². The van der Waals surface area contributed by atoms with Gasteiger partial charge in [-0.25, -0.2) is 4.79 Å². The summed E-state index contributed by atoms with van der Waals surface area (Å²) in [6.07, 6.45) is -0.729. The molecule has 41 heavy (non-hydrogen) atoms. The number of carbonyl (C=O) groups is 4. The summed E-state index contributed by atoms with van der Waals surface area (Å²) < 4.78 is 5.83. The van der Waals surface area contributed by atoms with Gasteiger partial charge < -0.3 is 31.7 Å². The molecule has 3 rings (SSSR count). The number of amides is 1. The lowest BCUT2D eigenvalue weighted by Crippen LogP contribution is -2.39. The molecule has 0 radical (unpaired) electrons. The summed E-state index contributed by atoms with van der Waals surface area (Å²) in [5.74, 6) is -4.51. The Labute approximate surface area is 235 Å². The van der Waals surface area contributed by atoms with Crippen molar-refractivity contribution < 1.29 is 34.1 Å². The van der Waals surface area contributed by atoms with E-state index >= 15 is 0 Å². The topological polar surface area (TPSA) is 230 Å². The Morgan fingerprint density at radius 2 is 1.49 bits per heavy atom. The van der Waals surface area contributed by atoms with Gasteiger partial charge in [0.15, 0.2) is 0 Å². The molecule has 12 heteroatoms. The highest BCUT2D eigenvalue weighted by Crippen LogP contribution is 2.23. The number of rotatable bonds is 14. The fraction of sp³-hybridized carbons (Fsp3) is 0.172. The van der Waals surface area contributed by atoms with Crippen molar-refractivity contribution >= 4 is 35.3 Å². The third-order valence-corrected chi connectivity index (χ3v) is 6.10. The van der Waals surface area contributed by atoms with Crippen molar-refractivity contribution in [3.8, 4) is 16.9 Å². The average molecular weight is 560 g/mol. The lowest BCUT2D eigenvalue weighted by Gasteiger charge is -2.20. The fourth-order valence-electron chi connectivity index (χ4n) is 3.89. The van der Waals surface area contributed by atoms with E-state index in [0.29, 0.717) is 11.1 Å². The number of hydrogen-bond donors (Lipinski definition) is 7. The molecule has 212 valence electrons. The number of hydrogen-bond acceptors (Lipinski definition) is 7. The van der Waals surface area contributed by atoms with Crippen LogP contribution in [0.25, 0.3) is 11.1 Å². The third-order valence-electron chi connectivity index (χ3n) is 6.10. The van der Waals surface area contributed by atoms with E-state index in [1.165, 1.54) is 18.2 Å². The maximum atomic E-state index is 13.2. The molecule has 0 saturated carbocycles. The van der Waals surface area contributed by atoms with Crippen LogP contribution < -0.4 is 21.5 Å². The summed E-state index contributed by atoms with van der Waals surface area (Å²) in [4.78, 5) is 47.3. The summed E-state index contributed by atoms with van der Waals surface area (Å²) in [7, 11) is 0. The second-order valence-corrected chi connectivity index (χ2v) is 9.13. The molecule has 1 amide bonds. The average Bonchev–Trinajstić information content (AvgIpc) is 2.94. The van der Waals surface area contributed by atoms with Gasteiger partial charge in [-0.15, -0.1) is 0 Å². The number of Topliss-reactive ketones (excluding diaryl/α,β-unsaturated/α-hetero) is 1. The van der Waals surface area contributed by atoms with E-state index < -0.39 is 36.1 Å². The minimum absolute atomic E-state index is 0.0169.